The summed E-state index contributed by atoms with van der Waals surface area (Å²) < 4.78 is 11.0. The molecule has 146 valence electrons. The Hall–Kier alpha value is -2.28. The van der Waals surface area contributed by atoms with Crippen LogP contribution in [0.25, 0.3) is 6.08 Å². The topological polar surface area (TPSA) is 72.9 Å². The van der Waals surface area contributed by atoms with Gasteiger partial charge in [-0.05, 0) is 50.6 Å². The fraction of sp³-hybridized carbons (Fsp3) is 0.450. The van der Waals surface area contributed by atoms with Gasteiger partial charge in [-0.15, -0.1) is 0 Å². The number of carbonyl (C=O) groups is 3. The lowest BCUT2D eigenvalue weighted by Gasteiger charge is -2.15. The monoisotopic (exact) mass is 391 g/mol. The molecule has 1 heterocycles. The van der Waals surface area contributed by atoms with Gasteiger partial charge in [0.1, 0.15) is 12.3 Å². The van der Waals surface area contributed by atoms with Crippen LogP contribution < -0.4 is 4.74 Å². The van der Waals surface area contributed by atoms with Crippen molar-refractivity contribution in [2.45, 2.75) is 52.7 Å². The number of para-hydroxylation sites is 1. The number of hydrogen-bond donors (Lipinski definition) is 0. The van der Waals surface area contributed by atoms with Gasteiger partial charge >= 0.3 is 5.97 Å². The average Bonchev–Trinajstić information content (AvgIpc) is 2.90. The zero-order valence-corrected chi connectivity index (χ0v) is 16.9. The molecule has 2 rings (SSSR count). The highest BCUT2D eigenvalue weighted by molar-refractivity contribution is 8.18. The fourth-order valence-corrected chi connectivity index (χ4v) is 3.09. The Kier molecular flexibility index (Phi) is 7.47. The summed E-state index contributed by atoms with van der Waals surface area (Å²) in [7, 11) is 0. The van der Waals surface area contributed by atoms with E-state index < -0.39 is 17.1 Å². The molecule has 0 saturated carbocycles. The van der Waals surface area contributed by atoms with Gasteiger partial charge in [-0.1, -0.05) is 32.0 Å². The van der Waals surface area contributed by atoms with Crippen molar-refractivity contribution in [3.8, 4) is 5.75 Å². The van der Waals surface area contributed by atoms with Crippen LogP contribution in [0.4, 0.5) is 4.79 Å². The van der Waals surface area contributed by atoms with Crippen molar-refractivity contribution < 1.29 is 23.9 Å². The average molecular weight is 391 g/mol. The second-order valence-corrected chi connectivity index (χ2v) is 7.34. The molecule has 0 aliphatic carbocycles. The first-order chi connectivity index (χ1) is 12.8. The predicted molar refractivity (Wildman–Crippen MR) is 105 cm³/mol. The summed E-state index contributed by atoms with van der Waals surface area (Å²) in [5, 5.41) is -0.479. The molecule has 1 aromatic carbocycles. The van der Waals surface area contributed by atoms with Crippen LogP contribution >= 0.6 is 11.8 Å². The van der Waals surface area contributed by atoms with Crippen LogP contribution in [0, 0.1) is 0 Å². The molecule has 0 spiro atoms. The maximum Gasteiger partial charge on any atom is 0.326 e. The van der Waals surface area contributed by atoms with E-state index in [1.54, 1.807) is 13.0 Å². The molecule has 1 aliphatic heterocycles. The first-order valence-electron chi connectivity index (χ1n) is 9.06. The van der Waals surface area contributed by atoms with Crippen LogP contribution in [0.2, 0.25) is 0 Å². The van der Waals surface area contributed by atoms with E-state index >= 15 is 0 Å². The number of carbonyl (C=O) groups excluding carboxylic acids is 3. The number of ether oxygens (including phenoxy) is 2. The summed E-state index contributed by atoms with van der Waals surface area (Å²) in [4.78, 5) is 37.8. The molecule has 6 nitrogen and oxygen atoms in total. The Labute approximate surface area is 163 Å². The van der Waals surface area contributed by atoms with Gasteiger partial charge in [-0.2, -0.15) is 0 Å². The van der Waals surface area contributed by atoms with Crippen LogP contribution in [-0.2, 0) is 14.3 Å². The zero-order valence-electron chi connectivity index (χ0n) is 16.1. The van der Waals surface area contributed by atoms with E-state index in [1.807, 2.05) is 45.0 Å². The number of rotatable bonds is 8. The normalized spacial score (nSPS) is 17.9. The number of benzene rings is 1. The highest BCUT2D eigenvalue weighted by Crippen LogP contribution is 2.34. The largest absolute Gasteiger partial charge is 0.490 e. The molecule has 27 heavy (non-hydrogen) atoms. The van der Waals surface area contributed by atoms with Gasteiger partial charge in [0.05, 0.1) is 17.1 Å². The van der Waals surface area contributed by atoms with E-state index in [0.717, 1.165) is 23.1 Å². The van der Waals surface area contributed by atoms with Crippen molar-refractivity contribution in [1.29, 1.82) is 0 Å². The summed E-state index contributed by atoms with van der Waals surface area (Å²) in [6, 6.07) is 7.34. The van der Waals surface area contributed by atoms with E-state index in [0.29, 0.717) is 17.7 Å². The molecule has 2 atom stereocenters. The number of imide groups is 1. The first-order valence-corrected chi connectivity index (χ1v) is 9.87. The second-order valence-electron chi connectivity index (χ2n) is 6.35. The minimum absolute atomic E-state index is 0.0324. The van der Waals surface area contributed by atoms with Crippen molar-refractivity contribution in [2.24, 2.45) is 0 Å². The van der Waals surface area contributed by atoms with Crippen molar-refractivity contribution in [3.05, 3.63) is 34.7 Å². The molecule has 0 unspecified atom stereocenters. The van der Waals surface area contributed by atoms with Gasteiger partial charge < -0.3 is 9.47 Å². The number of amides is 2. The smallest absolute Gasteiger partial charge is 0.326 e. The van der Waals surface area contributed by atoms with Gasteiger partial charge in [0.15, 0.2) is 0 Å². The molecular formula is C20H25NO5S. The fourth-order valence-electron chi connectivity index (χ4n) is 2.26. The lowest BCUT2D eigenvalue weighted by atomic mass is 10.1. The third-order valence-corrected chi connectivity index (χ3v) is 5.08. The number of hydrogen-bond acceptors (Lipinski definition) is 6. The Morgan fingerprint density at radius 2 is 1.81 bits per heavy atom. The second kappa shape index (κ2) is 9.60. The summed E-state index contributed by atoms with van der Waals surface area (Å²) in [5.41, 5.74) is 0.713. The summed E-state index contributed by atoms with van der Waals surface area (Å²) in [5.74, 6) is -0.437. The standard InChI is InChI=1S/C20H25NO5S/c1-5-13(3)25-16-10-8-7-9-15(16)11-17-19(23)21(20(24)27-17)12-18(22)26-14(4)6-2/h7-11,13-14H,5-6,12H2,1-4H3/b17-11+/t13-,14-/m1/s1. The SMILES string of the molecule is CC[C@@H](C)OC(=O)CN1C(=O)S/C(=C/c2ccccc2O[C@H](C)CC)C1=O. The number of nitrogens with zero attached hydrogens (tertiary/aromatic N) is 1. The molecule has 0 aromatic heterocycles. The van der Waals surface area contributed by atoms with E-state index in [-0.39, 0.29) is 23.7 Å². The maximum absolute atomic E-state index is 12.6. The third kappa shape index (κ3) is 5.60. The van der Waals surface area contributed by atoms with Gasteiger partial charge in [-0.3, -0.25) is 19.3 Å². The van der Waals surface area contributed by atoms with Gasteiger partial charge in [0.25, 0.3) is 11.1 Å². The molecule has 1 aromatic rings. The molecule has 0 radical (unpaired) electrons. The van der Waals surface area contributed by atoms with Crippen LogP contribution in [0.5, 0.6) is 5.75 Å². The molecule has 0 N–H and O–H groups in total. The Morgan fingerprint density at radius 1 is 1.15 bits per heavy atom. The Bertz CT molecular complexity index is 746. The van der Waals surface area contributed by atoms with Crippen molar-refractivity contribution in [2.75, 3.05) is 6.54 Å². The summed E-state index contributed by atoms with van der Waals surface area (Å²) >= 11 is 0.812. The maximum atomic E-state index is 12.6. The van der Waals surface area contributed by atoms with Crippen LogP contribution in [0.1, 0.15) is 46.1 Å². The van der Waals surface area contributed by atoms with Crippen molar-refractivity contribution in [3.63, 3.8) is 0 Å². The molecule has 1 aliphatic rings. The minimum atomic E-state index is -0.589. The third-order valence-electron chi connectivity index (χ3n) is 4.18. The lowest BCUT2D eigenvalue weighted by Crippen LogP contribution is -2.35. The quantitative estimate of drug-likeness (QED) is 0.487. The predicted octanol–water partition coefficient (Wildman–Crippen LogP) is 4.24. The molecule has 0 bridgehead atoms. The number of thioether (sulfide) groups is 1. The molecular weight excluding hydrogens is 366 g/mol. The van der Waals surface area contributed by atoms with Gasteiger partial charge in [0.2, 0.25) is 0 Å². The molecule has 2 amide bonds. The summed E-state index contributed by atoms with van der Waals surface area (Å²) in [6.07, 6.45) is 2.93. The zero-order chi connectivity index (χ0) is 20.0. The van der Waals surface area contributed by atoms with Crippen molar-refractivity contribution >= 4 is 35.0 Å². The Balaban J connectivity index is 2.16. The summed E-state index contributed by atoms with van der Waals surface area (Å²) in [6.45, 7) is 7.27. The van der Waals surface area contributed by atoms with Crippen LogP contribution in [0.15, 0.2) is 29.2 Å². The minimum Gasteiger partial charge on any atom is -0.490 e. The Morgan fingerprint density at radius 3 is 2.48 bits per heavy atom. The lowest BCUT2D eigenvalue weighted by molar-refractivity contribution is -0.150. The van der Waals surface area contributed by atoms with E-state index in [1.165, 1.54) is 0 Å². The molecule has 7 heteroatoms. The first kappa shape index (κ1) is 21.0. The highest BCUT2D eigenvalue weighted by atomic mass is 32.2. The van der Waals surface area contributed by atoms with E-state index in [9.17, 15) is 14.4 Å². The molecule has 1 saturated heterocycles. The van der Waals surface area contributed by atoms with Gasteiger partial charge in [-0.25, -0.2) is 0 Å². The van der Waals surface area contributed by atoms with Gasteiger partial charge in [0, 0.05) is 5.56 Å². The van der Waals surface area contributed by atoms with Crippen LogP contribution in [0.3, 0.4) is 0 Å². The van der Waals surface area contributed by atoms with E-state index in [2.05, 4.69) is 0 Å². The van der Waals surface area contributed by atoms with E-state index in [4.69, 9.17) is 9.47 Å². The van der Waals surface area contributed by atoms with Crippen molar-refractivity contribution in [1.82, 2.24) is 4.90 Å². The number of esters is 1. The molecule has 1 fully saturated rings. The van der Waals surface area contributed by atoms with Crippen LogP contribution in [-0.4, -0.2) is 40.8 Å². The highest BCUT2D eigenvalue weighted by Gasteiger charge is 2.37.